The van der Waals surface area contributed by atoms with Crippen LogP contribution in [-0.4, -0.2) is 23.3 Å². The fourth-order valence-corrected chi connectivity index (χ4v) is 3.23. The van der Waals surface area contributed by atoms with Crippen LogP contribution in [0, 0.1) is 15.9 Å². The molecule has 0 unspecified atom stereocenters. The predicted molar refractivity (Wildman–Crippen MR) is 89.8 cm³/mol. The SMILES string of the molecule is CCCNc1cc(N2C(=O)C3=C(CCCC3)C2=O)c(F)cc1[N+](=O)[O-]. The van der Waals surface area contributed by atoms with Crippen molar-refractivity contribution in [3.8, 4) is 0 Å². The van der Waals surface area contributed by atoms with Crippen LogP contribution in [-0.2, 0) is 9.59 Å². The van der Waals surface area contributed by atoms with Crippen LogP contribution < -0.4 is 10.2 Å². The van der Waals surface area contributed by atoms with Gasteiger partial charge < -0.3 is 5.32 Å². The van der Waals surface area contributed by atoms with Gasteiger partial charge in [0.15, 0.2) is 5.82 Å². The van der Waals surface area contributed by atoms with Crippen LogP contribution in [0.3, 0.4) is 0 Å². The maximum absolute atomic E-state index is 14.5. The highest BCUT2D eigenvalue weighted by Gasteiger charge is 2.41. The zero-order valence-electron chi connectivity index (χ0n) is 13.8. The number of nitro groups is 1. The topological polar surface area (TPSA) is 92.6 Å². The number of hydrogen-bond acceptors (Lipinski definition) is 5. The van der Waals surface area contributed by atoms with Crippen molar-refractivity contribution in [1.82, 2.24) is 0 Å². The first-order valence-electron chi connectivity index (χ1n) is 8.28. The molecule has 3 rings (SSSR count). The Labute approximate surface area is 143 Å². The second-order valence-corrected chi connectivity index (χ2v) is 6.11. The summed E-state index contributed by atoms with van der Waals surface area (Å²) in [5, 5.41) is 14.0. The summed E-state index contributed by atoms with van der Waals surface area (Å²) in [7, 11) is 0. The summed E-state index contributed by atoms with van der Waals surface area (Å²) in [6, 6.07) is 1.93. The molecule has 0 saturated carbocycles. The molecular formula is C17H18FN3O4. The molecule has 2 amide bonds. The van der Waals surface area contributed by atoms with Crippen molar-refractivity contribution in [1.29, 1.82) is 0 Å². The van der Waals surface area contributed by atoms with Crippen LogP contribution in [0.4, 0.5) is 21.5 Å². The normalized spacial score (nSPS) is 17.1. The number of hydrogen-bond donors (Lipinski definition) is 1. The summed E-state index contributed by atoms with van der Waals surface area (Å²) in [4.78, 5) is 36.4. The van der Waals surface area contributed by atoms with Gasteiger partial charge in [0.25, 0.3) is 17.5 Å². The van der Waals surface area contributed by atoms with E-state index < -0.39 is 28.2 Å². The molecule has 1 aromatic carbocycles. The first kappa shape index (κ1) is 17.1. The molecule has 0 saturated heterocycles. The van der Waals surface area contributed by atoms with Gasteiger partial charge in [-0.25, -0.2) is 9.29 Å². The van der Waals surface area contributed by atoms with E-state index in [1.54, 1.807) is 0 Å². The molecule has 1 aliphatic heterocycles. The minimum atomic E-state index is -0.963. The lowest BCUT2D eigenvalue weighted by atomic mass is 9.93. The summed E-state index contributed by atoms with van der Waals surface area (Å²) < 4.78 is 14.5. The predicted octanol–water partition coefficient (Wildman–Crippen LogP) is 3.30. The number of benzene rings is 1. The first-order valence-corrected chi connectivity index (χ1v) is 8.28. The lowest BCUT2D eigenvalue weighted by Gasteiger charge is -2.17. The fraction of sp³-hybridized carbons (Fsp3) is 0.412. The van der Waals surface area contributed by atoms with E-state index in [1.165, 1.54) is 6.07 Å². The smallest absolute Gasteiger partial charge is 0.295 e. The molecule has 2 aliphatic rings. The van der Waals surface area contributed by atoms with E-state index >= 15 is 0 Å². The molecule has 8 heteroatoms. The molecule has 132 valence electrons. The first-order chi connectivity index (χ1) is 12.0. The van der Waals surface area contributed by atoms with Crippen LogP contribution in [0.15, 0.2) is 23.3 Å². The molecule has 1 aromatic rings. The van der Waals surface area contributed by atoms with E-state index in [1.807, 2.05) is 6.92 Å². The van der Waals surface area contributed by atoms with Crippen LogP contribution >= 0.6 is 0 Å². The minimum absolute atomic E-state index is 0.0914. The number of carbonyl (C=O) groups is 2. The molecule has 1 aliphatic carbocycles. The van der Waals surface area contributed by atoms with E-state index in [4.69, 9.17) is 0 Å². The Bertz CT molecular complexity index is 775. The van der Waals surface area contributed by atoms with E-state index in [0.717, 1.165) is 23.8 Å². The summed E-state index contributed by atoms with van der Waals surface area (Å²) in [6.07, 6.45) is 3.36. The lowest BCUT2D eigenvalue weighted by Crippen LogP contribution is -2.32. The molecule has 0 radical (unpaired) electrons. The molecule has 1 heterocycles. The molecule has 0 bridgehead atoms. The summed E-state index contributed by atoms with van der Waals surface area (Å²) >= 11 is 0. The highest BCUT2D eigenvalue weighted by atomic mass is 19.1. The average molecular weight is 347 g/mol. The fourth-order valence-electron chi connectivity index (χ4n) is 3.23. The number of imide groups is 1. The minimum Gasteiger partial charge on any atom is -0.379 e. The third-order valence-corrected chi connectivity index (χ3v) is 4.46. The number of amides is 2. The van der Waals surface area contributed by atoms with Crippen molar-refractivity contribution in [2.24, 2.45) is 0 Å². The summed E-state index contributed by atoms with van der Waals surface area (Å²) in [5.41, 5.74) is 0.308. The molecule has 7 nitrogen and oxygen atoms in total. The van der Waals surface area contributed by atoms with Crippen LogP contribution in [0.25, 0.3) is 0 Å². The zero-order valence-corrected chi connectivity index (χ0v) is 13.8. The molecule has 1 N–H and O–H groups in total. The van der Waals surface area contributed by atoms with Gasteiger partial charge in [0.1, 0.15) is 5.69 Å². The van der Waals surface area contributed by atoms with Gasteiger partial charge >= 0.3 is 0 Å². The molecular weight excluding hydrogens is 329 g/mol. The lowest BCUT2D eigenvalue weighted by molar-refractivity contribution is -0.384. The Kier molecular flexibility index (Phi) is 4.52. The monoisotopic (exact) mass is 347 g/mol. The van der Waals surface area contributed by atoms with Crippen LogP contribution in [0.5, 0.6) is 0 Å². The Morgan fingerprint density at radius 3 is 2.32 bits per heavy atom. The van der Waals surface area contributed by atoms with Crippen molar-refractivity contribution >= 4 is 28.9 Å². The largest absolute Gasteiger partial charge is 0.379 e. The number of rotatable bonds is 5. The molecule has 0 aromatic heterocycles. The number of nitro benzene ring substituents is 1. The van der Waals surface area contributed by atoms with Crippen molar-refractivity contribution < 1.29 is 18.9 Å². The van der Waals surface area contributed by atoms with Crippen molar-refractivity contribution in [3.63, 3.8) is 0 Å². The highest BCUT2D eigenvalue weighted by molar-refractivity contribution is 6.33. The Morgan fingerprint density at radius 2 is 1.80 bits per heavy atom. The average Bonchev–Trinajstić information content (AvgIpc) is 2.85. The van der Waals surface area contributed by atoms with Gasteiger partial charge in [0, 0.05) is 17.7 Å². The maximum atomic E-state index is 14.5. The summed E-state index contributed by atoms with van der Waals surface area (Å²) in [6.45, 7) is 2.33. The second kappa shape index (κ2) is 6.62. The molecule has 0 atom stereocenters. The van der Waals surface area contributed by atoms with E-state index in [2.05, 4.69) is 5.32 Å². The van der Waals surface area contributed by atoms with E-state index in [-0.39, 0.29) is 11.4 Å². The number of carbonyl (C=O) groups excluding carboxylic acids is 2. The number of halogens is 1. The maximum Gasteiger partial charge on any atom is 0.295 e. The van der Waals surface area contributed by atoms with Crippen LogP contribution in [0.2, 0.25) is 0 Å². The summed E-state index contributed by atoms with van der Waals surface area (Å²) in [5.74, 6) is -2.00. The van der Waals surface area contributed by atoms with E-state index in [0.29, 0.717) is 37.0 Å². The third kappa shape index (κ3) is 2.88. The molecule has 25 heavy (non-hydrogen) atoms. The Balaban J connectivity index is 2.04. The van der Waals surface area contributed by atoms with Crippen molar-refractivity contribution in [3.05, 3.63) is 39.2 Å². The molecule has 0 spiro atoms. The third-order valence-electron chi connectivity index (χ3n) is 4.46. The Morgan fingerprint density at radius 1 is 1.20 bits per heavy atom. The molecule has 0 fully saturated rings. The van der Waals surface area contributed by atoms with Gasteiger partial charge in [0.05, 0.1) is 16.7 Å². The Hall–Kier alpha value is -2.77. The van der Waals surface area contributed by atoms with Crippen LogP contribution in [0.1, 0.15) is 39.0 Å². The van der Waals surface area contributed by atoms with Gasteiger partial charge in [-0.2, -0.15) is 0 Å². The number of anilines is 2. The standard InChI is InChI=1S/C17H18FN3O4/c1-2-7-19-13-9-14(12(18)8-15(13)21(24)25)20-16(22)10-5-3-4-6-11(10)17(20)23/h8-9,19H,2-7H2,1H3. The highest BCUT2D eigenvalue weighted by Crippen LogP contribution is 2.39. The zero-order chi connectivity index (χ0) is 18.1. The van der Waals surface area contributed by atoms with Gasteiger partial charge in [-0.3, -0.25) is 19.7 Å². The van der Waals surface area contributed by atoms with Gasteiger partial charge in [-0.15, -0.1) is 0 Å². The number of nitrogens with zero attached hydrogens (tertiary/aromatic N) is 2. The second-order valence-electron chi connectivity index (χ2n) is 6.11. The van der Waals surface area contributed by atoms with Gasteiger partial charge in [0.2, 0.25) is 0 Å². The number of nitrogens with one attached hydrogen (secondary N) is 1. The van der Waals surface area contributed by atoms with Crippen molar-refractivity contribution in [2.75, 3.05) is 16.8 Å². The quantitative estimate of drug-likeness (QED) is 0.501. The van der Waals surface area contributed by atoms with Gasteiger partial charge in [-0.1, -0.05) is 6.92 Å². The van der Waals surface area contributed by atoms with Crippen molar-refractivity contribution in [2.45, 2.75) is 39.0 Å². The van der Waals surface area contributed by atoms with E-state index in [9.17, 15) is 24.1 Å². The van der Waals surface area contributed by atoms with Gasteiger partial charge in [-0.05, 0) is 38.2 Å².